The molecule has 2 fully saturated rings. The lowest BCUT2D eigenvalue weighted by Gasteiger charge is -2.32. The number of hydrogen-bond donors (Lipinski definition) is 1. The van der Waals surface area contributed by atoms with Gasteiger partial charge in [0.25, 0.3) is 0 Å². The van der Waals surface area contributed by atoms with Crippen LogP contribution in [0.25, 0.3) is 0 Å². The van der Waals surface area contributed by atoms with Crippen molar-refractivity contribution in [1.29, 1.82) is 0 Å². The largest absolute Gasteiger partial charge is 0.311 e. The summed E-state index contributed by atoms with van der Waals surface area (Å²) in [6.07, 6.45) is 6.42. The van der Waals surface area contributed by atoms with Crippen LogP contribution in [0.5, 0.6) is 0 Å². The third-order valence-corrected chi connectivity index (χ3v) is 2.98. The summed E-state index contributed by atoms with van der Waals surface area (Å²) < 4.78 is 0. The van der Waals surface area contributed by atoms with E-state index in [2.05, 4.69) is 5.32 Å². The van der Waals surface area contributed by atoms with E-state index in [1.165, 1.54) is 19.3 Å². The summed E-state index contributed by atoms with van der Waals surface area (Å²) in [5.74, 6) is 0.464. The highest BCUT2D eigenvalue weighted by molar-refractivity contribution is 5.80. The second-order valence-electron chi connectivity index (χ2n) is 3.88. The van der Waals surface area contributed by atoms with Crippen LogP contribution in [0.3, 0.4) is 0 Å². The van der Waals surface area contributed by atoms with Gasteiger partial charge in [-0.25, -0.2) is 0 Å². The first-order valence-electron chi connectivity index (χ1n) is 4.58. The van der Waals surface area contributed by atoms with Gasteiger partial charge in [-0.3, -0.25) is 4.79 Å². The Bertz CT molecular complexity index is 170. The van der Waals surface area contributed by atoms with E-state index >= 15 is 0 Å². The van der Waals surface area contributed by atoms with Crippen LogP contribution in [-0.2, 0) is 4.79 Å². The lowest BCUT2D eigenvalue weighted by Crippen LogP contribution is -2.44. The Morgan fingerprint density at radius 3 is 2.73 bits per heavy atom. The lowest BCUT2D eigenvalue weighted by atomic mass is 9.80. The van der Waals surface area contributed by atoms with Crippen molar-refractivity contribution < 1.29 is 4.79 Å². The summed E-state index contributed by atoms with van der Waals surface area (Å²) in [6, 6.07) is 0. The standard InChI is InChI=1S/C9H15NO/c11-8-3-1-4-9(7-8)5-2-6-10-9/h10H,1-7H2. The van der Waals surface area contributed by atoms with Crippen LogP contribution in [0, 0.1) is 0 Å². The van der Waals surface area contributed by atoms with Gasteiger partial charge in [0, 0.05) is 18.4 Å². The molecule has 1 saturated heterocycles. The van der Waals surface area contributed by atoms with E-state index in [1.54, 1.807) is 0 Å². The van der Waals surface area contributed by atoms with Crippen molar-refractivity contribution >= 4 is 5.78 Å². The highest BCUT2D eigenvalue weighted by Crippen LogP contribution is 2.33. The Labute approximate surface area is 67.4 Å². The molecule has 1 saturated carbocycles. The molecule has 1 unspecified atom stereocenters. The number of carbonyl (C=O) groups is 1. The molecule has 1 N–H and O–H groups in total. The number of nitrogens with one attached hydrogen (secondary N) is 1. The summed E-state index contributed by atoms with van der Waals surface area (Å²) in [5, 5.41) is 3.48. The normalized spacial score (nSPS) is 38.4. The summed E-state index contributed by atoms with van der Waals surface area (Å²) >= 11 is 0. The SMILES string of the molecule is O=C1CCCC2(CCCN2)C1. The van der Waals surface area contributed by atoms with E-state index in [0.717, 1.165) is 25.8 Å². The summed E-state index contributed by atoms with van der Waals surface area (Å²) in [5.41, 5.74) is 0.245. The van der Waals surface area contributed by atoms with E-state index in [4.69, 9.17) is 0 Å². The first kappa shape index (κ1) is 7.29. The van der Waals surface area contributed by atoms with Crippen LogP contribution >= 0.6 is 0 Å². The van der Waals surface area contributed by atoms with Crippen molar-refractivity contribution in [3.8, 4) is 0 Å². The van der Waals surface area contributed by atoms with Crippen LogP contribution < -0.4 is 5.32 Å². The highest BCUT2D eigenvalue weighted by atomic mass is 16.1. The van der Waals surface area contributed by atoms with E-state index in [0.29, 0.717) is 5.78 Å². The second-order valence-corrected chi connectivity index (χ2v) is 3.88. The van der Waals surface area contributed by atoms with E-state index in [9.17, 15) is 4.79 Å². The molecular weight excluding hydrogens is 138 g/mol. The van der Waals surface area contributed by atoms with Crippen molar-refractivity contribution in [2.24, 2.45) is 0 Å². The van der Waals surface area contributed by atoms with E-state index in [1.807, 2.05) is 0 Å². The molecule has 2 nitrogen and oxygen atoms in total. The number of Topliss-reactive ketones (excluding diaryl/α,β-unsaturated/α-hetero) is 1. The molecule has 0 aromatic heterocycles. The van der Waals surface area contributed by atoms with Crippen LogP contribution in [0.4, 0.5) is 0 Å². The predicted molar refractivity (Wildman–Crippen MR) is 43.4 cm³/mol. The fraction of sp³-hybridized carbons (Fsp3) is 0.889. The topological polar surface area (TPSA) is 29.1 Å². The van der Waals surface area contributed by atoms with Crippen LogP contribution in [-0.4, -0.2) is 17.9 Å². The zero-order chi connectivity index (χ0) is 7.73. The number of ketones is 1. The van der Waals surface area contributed by atoms with Crippen molar-refractivity contribution in [3.05, 3.63) is 0 Å². The summed E-state index contributed by atoms with van der Waals surface area (Å²) in [6.45, 7) is 1.12. The van der Waals surface area contributed by atoms with Gasteiger partial charge in [-0.05, 0) is 32.2 Å². The van der Waals surface area contributed by atoms with Gasteiger partial charge in [-0.15, -0.1) is 0 Å². The van der Waals surface area contributed by atoms with E-state index < -0.39 is 0 Å². The molecule has 1 aliphatic carbocycles. The average molecular weight is 153 g/mol. The van der Waals surface area contributed by atoms with Crippen molar-refractivity contribution in [1.82, 2.24) is 5.32 Å². The Balaban J connectivity index is 2.05. The van der Waals surface area contributed by atoms with Crippen LogP contribution in [0.1, 0.15) is 38.5 Å². The first-order valence-corrected chi connectivity index (χ1v) is 4.58. The van der Waals surface area contributed by atoms with Gasteiger partial charge in [0.2, 0.25) is 0 Å². The van der Waals surface area contributed by atoms with Crippen molar-refractivity contribution in [2.45, 2.75) is 44.1 Å². The van der Waals surface area contributed by atoms with Gasteiger partial charge in [-0.2, -0.15) is 0 Å². The summed E-state index contributed by atoms with van der Waals surface area (Å²) in [7, 11) is 0. The zero-order valence-corrected chi connectivity index (χ0v) is 6.86. The van der Waals surface area contributed by atoms with Crippen molar-refractivity contribution in [3.63, 3.8) is 0 Å². The first-order chi connectivity index (χ1) is 5.31. The van der Waals surface area contributed by atoms with Crippen LogP contribution in [0.2, 0.25) is 0 Å². The predicted octanol–water partition coefficient (Wildman–Crippen LogP) is 1.25. The van der Waals surface area contributed by atoms with Gasteiger partial charge in [-0.1, -0.05) is 0 Å². The van der Waals surface area contributed by atoms with Gasteiger partial charge in [0.1, 0.15) is 5.78 Å². The van der Waals surface area contributed by atoms with Gasteiger partial charge < -0.3 is 5.32 Å². The maximum atomic E-state index is 11.2. The minimum Gasteiger partial charge on any atom is -0.311 e. The second kappa shape index (κ2) is 2.59. The molecule has 0 amide bonds. The number of carbonyl (C=O) groups excluding carboxylic acids is 1. The van der Waals surface area contributed by atoms with Gasteiger partial charge in [0.15, 0.2) is 0 Å². The van der Waals surface area contributed by atoms with Crippen LogP contribution in [0.15, 0.2) is 0 Å². The molecule has 0 bridgehead atoms. The molecular formula is C9H15NO. The highest BCUT2D eigenvalue weighted by Gasteiger charge is 2.37. The van der Waals surface area contributed by atoms with E-state index in [-0.39, 0.29) is 5.54 Å². The molecule has 2 heteroatoms. The fourth-order valence-corrected chi connectivity index (χ4v) is 2.41. The third-order valence-electron chi connectivity index (χ3n) is 2.98. The lowest BCUT2D eigenvalue weighted by molar-refractivity contribution is -0.122. The molecule has 62 valence electrons. The molecule has 11 heavy (non-hydrogen) atoms. The molecule has 1 heterocycles. The fourth-order valence-electron chi connectivity index (χ4n) is 2.41. The molecule has 1 aliphatic heterocycles. The third kappa shape index (κ3) is 1.32. The van der Waals surface area contributed by atoms with Gasteiger partial charge in [0.05, 0.1) is 0 Å². The Kier molecular flexibility index (Phi) is 1.72. The summed E-state index contributed by atoms with van der Waals surface area (Å²) in [4.78, 5) is 11.2. The Hall–Kier alpha value is -0.370. The molecule has 1 atom stereocenters. The quantitative estimate of drug-likeness (QED) is 0.567. The molecule has 0 radical (unpaired) electrons. The molecule has 0 aromatic carbocycles. The number of rotatable bonds is 0. The monoisotopic (exact) mass is 153 g/mol. The molecule has 0 aromatic rings. The molecule has 2 rings (SSSR count). The average Bonchev–Trinajstić information content (AvgIpc) is 2.37. The Morgan fingerprint density at radius 2 is 2.09 bits per heavy atom. The maximum absolute atomic E-state index is 11.2. The molecule has 1 spiro atoms. The minimum absolute atomic E-state index is 0.245. The minimum atomic E-state index is 0.245. The zero-order valence-electron chi connectivity index (χ0n) is 6.86. The number of hydrogen-bond acceptors (Lipinski definition) is 2. The van der Waals surface area contributed by atoms with Crippen molar-refractivity contribution in [2.75, 3.05) is 6.54 Å². The van der Waals surface area contributed by atoms with Gasteiger partial charge >= 0.3 is 0 Å². The smallest absolute Gasteiger partial charge is 0.134 e. The maximum Gasteiger partial charge on any atom is 0.134 e. The molecule has 2 aliphatic rings. The Morgan fingerprint density at radius 1 is 1.27 bits per heavy atom.